The molecule has 1 aliphatic rings. The van der Waals surface area contributed by atoms with Gasteiger partial charge in [-0.2, -0.15) is 4.98 Å². The second kappa shape index (κ2) is 5.72. The Bertz CT molecular complexity index is 367. The van der Waals surface area contributed by atoms with Crippen LogP contribution in [0.2, 0.25) is 0 Å². The Morgan fingerprint density at radius 3 is 3.00 bits per heavy atom. The van der Waals surface area contributed by atoms with E-state index < -0.39 is 0 Å². The smallest absolute Gasteiger partial charge is 0.239 e. The van der Waals surface area contributed by atoms with Crippen LogP contribution in [0.1, 0.15) is 12.8 Å². The van der Waals surface area contributed by atoms with Crippen LogP contribution in [-0.4, -0.2) is 31.9 Å². The van der Waals surface area contributed by atoms with Crippen molar-refractivity contribution in [3.8, 4) is 5.88 Å². The van der Waals surface area contributed by atoms with E-state index in [9.17, 15) is 0 Å². The summed E-state index contributed by atoms with van der Waals surface area (Å²) in [5.41, 5.74) is 6.40. The van der Waals surface area contributed by atoms with Crippen LogP contribution in [-0.2, 0) is 4.74 Å². The predicted octanol–water partition coefficient (Wildman–Crippen LogP) is 1.51. The molecule has 0 aliphatic heterocycles. The van der Waals surface area contributed by atoms with Gasteiger partial charge in [0, 0.05) is 13.7 Å². The van der Waals surface area contributed by atoms with Gasteiger partial charge in [-0.1, -0.05) is 0 Å². The third-order valence-corrected chi connectivity index (χ3v) is 2.65. The summed E-state index contributed by atoms with van der Waals surface area (Å²) in [6, 6.07) is 3.65. The number of nitrogens with two attached hydrogens (primary N) is 1. The fourth-order valence-electron chi connectivity index (χ4n) is 1.43. The molecule has 0 spiro atoms. The third kappa shape index (κ3) is 3.78. The molecule has 1 fully saturated rings. The maximum absolute atomic E-state index is 5.81. The molecule has 0 radical (unpaired) electrons. The van der Waals surface area contributed by atoms with E-state index in [1.54, 1.807) is 7.11 Å². The lowest BCUT2D eigenvalue weighted by atomic mass is 10.4. The van der Waals surface area contributed by atoms with Crippen LogP contribution in [0.3, 0.4) is 0 Å². The van der Waals surface area contributed by atoms with Gasteiger partial charge in [-0.25, -0.2) is 0 Å². The van der Waals surface area contributed by atoms with Crippen molar-refractivity contribution in [3.05, 3.63) is 12.1 Å². The summed E-state index contributed by atoms with van der Waals surface area (Å²) in [5.74, 6) is 1.99. The van der Waals surface area contributed by atoms with Crippen molar-refractivity contribution in [3.63, 3.8) is 0 Å². The Morgan fingerprint density at radius 1 is 1.47 bits per heavy atom. The van der Waals surface area contributed by atoms with Crippen molar-refractivity contribution < 1.29 is 9.47 Å². The lowest BCUT2D eigenvalue weighted by Gasteiger charge is -2.10. The lowest BCUT2D eigenvalue weighted by Crippen LogP contribution is -2.10. The first-order valence-corrected chi connectivity index (χ1v) is 5.91. The van der Waals surface area contributed by atoms with E-state index >= 15 is 0 Å². The zero-order valence-electron chi connectivity index (χ0n) is 10.1. The van der Waals surface area contributed by atoms with E-state index in [1.165, 1.54) is 12.8 Å². The number of hydrogen-bond donors (Lipinski definition) is 2. The van der Waals surface area contributed by atoms with Crippen molar-refractivity contribution in [1.82, 2.24) is 4.98 Å². The molecular formula is C12H19N3O2. The molecule has 0 aromatic carbocycles. The molecule has 3 N–H and O–H groups in total. The Labute approximate surface area is 101 Å². The van der Waals surface area contributed by atoms with Gasteiger partial charge in [0.2, 0.25) is 5.88 Å². The second-order valence-corrected chi connectivity index (χ2v) is 4.26. The second-order valence-electron chi connectivity index (χ2n) is 4.26. The Hall–Kier alpha value is -1.49. The van der Waals surface area contributed by atoms with Gasteiger partial charge in [0.25, 0.3) is 0 Å². The Kier molecular flexibility index (Phi) is 4.03. The quantitative estimate of drug-likeness (QED) is 0.703. The summed E-state index contributed by atoms with van der Waals surface area (Å²) < 4.78 is 10.6. The van der Waals surface area contributed by atoms with Crippen LogP contribution in [0.25, 0.3) is 0 Å². The highest BCUT2D eigenvalue weighted by Crippen LogP contribution is 2.30. The fraction of sp³-hybridized carbons (Fsp3) is 0.583. The van der Waals surface area contributed by atoms with Gasteiger partial charge in [0.05, 0.1) is 18.9 Å². The zero-order chi connectivity index (χ0) is 12.1. The minimum absolute atomic E-state index is 0.527. The van der Waals surface area contributed by atoms with E-state index in [0.717, 1.165) is 19.0 Å². The normalized spacial score (nSPS) is 14.6. The molecule has 0 bridgehead atoms. The molecule has 1 aromatic heterocycles. The Morgan fingerprint density at radius 2 is 2.29 bits per heavy atom. The minimum atomic E-state index is 0.527. The number of nitrogens with zero attached hydrogens (tertiary/aromatic N) is 1. The number of anilines is 2. The topological polar surface area (TPSA) is 69.4 Å². The van der Waals surface area contributed by atoms with Gasteiger partial charge in [0.15, 0.2) is 0 Å². The largest absolute Gasteiger partial charge is 0.476 e. The molecule has 0 unspecified atom stereocenters. The summed E-state index contributed by atoms with van der Waals surface area (Å²) in [6.45, 7) is 2.08. The summed E-state index contributed by atoms with van der Waals surface area (Å²) in [6.07, 6.45) is 2.51. The van der Waals surface area contributed by atoms with Gasteiger partial charge in [-0.3, -0.25) is 0 Å². The summed E-state index contributed by atoms with van der Waals surface area (Å²) in [4.78, 5) is 4.33. The highest BCUT2D eigenvalue weighted by atomic mass is 16.5. The maximum atomic E-state index is 5.81. The van der Waals surface area contributed by atoms with Gasteiger partial charge in [-0.15, -0.1) is 0 Å². The molecule has 1 aromatic rings. The highest BCUT2D eigenvalue weighted by molar-refractivity contribution is 5.53. The monoisotopic (exact) mass is 237 g/mol. The van der Waals surface area contributed by atoms with Crippen LogP contribution < -0.4 is 15.8 Å². The number of nitrogen functional groups attached to an aromatic ring is 1. The van der Waals surface area contributed by atoms with Crippen LogP contribution in [0.15, 0.2) is 12.1 Å². The number of nitrogens with one attached hydrogen (secondary N) is 1. The van der Waals surface area contributed by atoms with Crippen LogP contribution in [0.4, 0.5) is 11.5 Å². The lowest BCUT2D eigenvalue weighted by molar-refractivity contribution is 0.210. The van der Waals surface area contributed by atoms with E-state index in [2.05, 4.69) is 10.3 Å². The van der Waals surface area contributed by atoms with Gasteiger partial charge >= 0.3 is 0 Å². The van der Waals surface area contributed by atoms with Gasteiger partial charge in [-0.05, 0) is 30.9 Å². The third-order valence-electron chi connectivity index (χ3n) is 2.65. The van der Waals surface area contributed by atoms with E-state index in [-0.39, 0.29) is 0 Å². The van der Waals surface area contributed by atoms with Crippen molar-refractivity contribution in [1.29, 1.82) is 0 Å². The molecule has 1 saturated carbocycles. The standard InChI is InChI=1S/C12H19N3O2/c1-16-7-6-14-11-5-4-10(13)12(15-11)17-8-9-2-3-9/h4-5,9H,2-3,6-8,13H2,1H3,(H,14,15). The molecule has 0 saturated heterocycles. The van der Waals surface area contributed by atoms with Crippen LogP contribution >= 0.6 is 0 Å². The highest BCUT2D eigenvalue weighted by Gasteiger charge is 2.22. The van der Waals surface area contributed by atoms with Crippen LogP contribution in [0, 0.1) is 5.92 Å². The van der Waals surface area contributed by atoms with E-state index in [4.69, 9.17) is 15.2 Å². The minimum Gasteiger partial charge on any atom is -0.476 e. The first-order valence-electron chi connectivity index (χ1n) is 5.91. The number of rotatable bonds is 7. The fourth-order valence-corrected chi connectivity index (χ4v) is 1.43. The van der Waals surface area contributed by atoms with E-state index in [0.29, 0.717) is 24.1 Å². The average molecular weight is 237 g/mol. The maximum Gasteiger partial charge on any atom is 0.239 e. The summed E-state index contributed by atoms with van der Waals surface area (Å²) in [5, 5.41) is 3.14. The number of methoxy groups -OCH3 is 1. The molecule has 1 aliphatic carbocycles. The van der Waals surface area contributed by atoms with Crippen molar-refractivity contribution in [2.45, 2.75) is 12.8 Å². The SMILES string of the molecule is COCCNc1ccc(N)c(OCC2CC2)n1. The van der Waals surface area contributed by atoms with E-state index in [1.807, 2.05) is 12.1 Å². The van der Waals surface area contributed by atoms with Crippen molar-refractivity contribution in [2.24, 2.45) is 5.92 Å². The predicted molar refractivity (Wildman–Crippen MR) is 67.2 cm³/mol. The van der Waals surface area contributed by atoms with Crippen molar-refractivity contribution in [2.75, 3.05) is 37.9 Å². The van der Waals surface area contributed by atoms with Crippen LogP contribution in [0.5, 0.6) is 5.88 Å². The number of pyridine rings is 1. The van der Waals surface area contributed by atoms with Gasteiger partial charge < -0.3 is 20.5 Å². The van der Waals surface area contributed by atoms with Crippen molar-refractivity contribution >= 4 is 11.5 Å². The molecule has 5 heteroatoms. The molecule has 0 atom stereocenters. The molecule has 2 rings (SSSR count). The summed E-state index contributed by atoms with van der Waals surface area (Å²) >= 11 is 0. The molecule has 0 amide bonds. The molecule has 94 valence electrons. The molecule has 17 heavy (non-hydrogen) atoms. The Balaban J connectivity index is 1.90. The first-order chi connectivity index (χ1) is 8.29. The average Bonchev–Trinajstić information content (AvgIpc) is 3.14. The number of ether oxygens (including phenoxy) is 2. The molecule has 1 heterocycles. The number of aromatic nitrogens is 1. The summed E-state index contributed by atoms with van der Waals surface area (Å²) in [7, 11) is 1.67. The first kappa shape index (κ1) is 12.0. The molecule has 5 nitrogen and oxygen atoms in total. The molecular weight excluding hydrogens is 218 g/mol. The van der Waals surface area contributed by atoms with Gasteiger partial charge in [0.1, 0.15) is 5.82 Å². The zero-order valence-corrected chi connectivity index (χ0v) is 10.1. The number of hydrogen-bond acceptors (Lipinski definition) is 5.